The van der Waals surface area contributed by atoms with Gasteiger partial charge in [0, 0.05) is 6.07 Å². The molecule has 1 aliphatic heterocycles. The summed E-state index contributed by atoms with van der Waals surface area (Å²) in [7, 11) is 0. The Morgan fingerprint density at radius 1 is 1.33 bits per heavy atom. The molecule has 0 radical (unpaired) electrons. The highest BCUT2D eigenvalue weighted by Crippen LogP contribution is 2.26. The zero-order valence-corrected chi connectivity index (χ0v) is 14.4. The first-order valence-corrected chi connectivity index (χ1v) is 8.22. The van der Waals surface area contributed by atoms with E-state index in [0.717, 1.165) is 0 Å². The number of hydrazine groups is 1. The quantitative estimate of drug-likeness (QED) is 0.226. The summed E-state index contributed by atoms with van der Waals surface area (Å²) in [5.74, 6) is 2.47. The standard InChI is InChI=1S/C17H19FN6O3/c1-2-6-21-22-11-20-15-4-3-12(8-14(15)18)24-10-13(27-17(24)25)9-19-16-5-7-26-23-16/h1,3-5,7-8,13,20-22H,6,9-11H2,(H,19,23)/t13-/m0/s1. The van der Waals surface area contributed by atoms with Gasteiger partial charge in [0.05, 0.1) is 37.7 Å². The minimum Gasteiger partial charge on any atom is -0.442 e. The van der Waals surface area contributed by atoms with E-state index in [4.69, 9.17) is 15.7 Å². The number of rotatable bonds is 9. The molecule has 0 aliphatic carbocycles. The van der Waals surface area contributed by atoms with E-state index in [1.165, 1.54) is 17.2 Å². The molecule has 1 aliphatic rings. The molecule has 0 spiro atoms. The largest absolute Gasteiger partial charge is 0.442 e. The number of anilines is 3. The van der Waals surface area contributed by atoms with E-state index >= 15 is 0 Å². The van der Waals surface area contributed by atoms with E-state index in [1.54, 1.807) is 18.2 Å². The van der Waals surface area contributed by atoms with Gasteiger partial charge in [0.25, 0.3) is 0 Å². The number of terminal acetylenes is 1. The molecule has 1 aromatic heterocycles. The number of carbonyl (C=O) groups excluding carboxylic acids is 1. The number of carbonyl (C=O) groups is 1. The molecule has 1 atom stereocenters. The van der Waals surface area contributed by atoms with E-state index in [1.807, 2.05) is 0 Å². The third-order valence-corrected chi connectivity index (χ3v) is 3.77. The summed E-state index contributed by atoms with van der Waals surface area (Å²) in [6, 6.07) is 6.15. The maximum absolute atomic E-state index is 14.3. The van der Waals surface area contributed by atoms with Gasteiger partial charge in [-0.25, -0.2) is 20.0 Å². The normalized spacial score (nSPS) is 16.1. The van der Waals surface area contributed by atoms with Gasteiger partial charge in [-0.05, 0) is 18.2 Å². The molecule has 27 heavy (non-hydrogen) atoms. The molecule has 0 saturated carbocycles. The Hall–Kier alpha value is -3.29. The van der Waals surface area contributed by atoms with Crippen molar-refractivity contribution in [2.24, 2.45) is 0 Å². The molecule has 9 nitrogen and oxygen atoms in total. The van der Waals surface area contributed by atoms with Crippen LogP contribution in [0.1, 0.15) is 0 Å². The highest BCUT2D eigenvalue weighted by molar-refractivity contribution is 5.90. The van der Waals surface area contributed by atoms with Crippen molar-refractivity contribution in [2.45, 2.75) is 6.10 Å². The summed E-state index contributed by atoms with van der Waals surface area (Å²) in [5, 5.41) is 9.59. The van der Waals surface area contributed by atoms with Crippen LogP contribution < -0.4 is 26.4 Å². The molecule has 3 rings (SSSR count). The van der Waals surface area contributed by atoms with Gasteiger partial charge in [-0.1, -0.05) is 11.1 Å². The first kappa shape index (κ1) is 18.5. The summed E-state index contributed by atoms with van der Waals surface area (Å²) in [4.78, 5) is 13.5. The molecule has 2 heterocycles. The Balaban J connectivity index is 1.53. The molecule has 4 N–H and O–H groups in total. The monoisotopic (exact) mass is 374 g/mol. The first-order chi connectivity index (χ1) is 13.2. The van der Waals surface area contributed by atoms with Crippen LogP contribution in [-0.2, 0) is 4.74 Å². The van der Waals surface area contributed by atoms with E-state index in [9.17, 15) is 9.18 Å². The smallest absolute Gasteiger partial charge is 0.414 e. The van der Waals surface area contributed by atoms with Gasteiger partial charge in [0.15, 0.2) is 5.82 Å². The van der Waals surface area contributed by atoms with Crippen molar-refractivity contribution < 1.29 is 18.4 Å². The van der Waals surface area contributed by atoms with Crippen LogP contribution in [0.3, 0.4) is 0 Å². The lowest BCUT2D eigenvalue weighted by molar-refractivity contribution is 0.147. The second kappa shape index (κ2) is 8.88. The van der Waals surface area contributed by atoms with Crippen LogP contribution in [-0.4, -0.2) is 43.7 Å². The number of benzene rings is 1. The summed E-state index contributed by atoms with van der Waals surface area (Å²) in [5.41, 5.74) is 6.27. The number of cyclic esters (lactones) is 1. The van der Waals surface area contributed by atoms with Gasteiger partial charge in [-0.2, -0.15) is 0 Å². The summed E-state index contributed by atoms with van der Waals surface area (Å²) >= 11 is 0. The minimum atomic E-state index is -0.526. The van der Waals surface area contributed by atoms with Gasteiger partial charge < -0.3 is 19.9 Å². The predicted octanol–water partition coefficient (Wildman–Crippen LogP) is 1.35. The zero-order chi connectivity index (χ0) is 19.1. The highest BCUT2D eigenvalue weighted by atomic mass is 19.1. The Morgan fingerprint density at radius 2 is 2.22 bits per heavy atom. The van der Waals surface area contributed by atoms with Crippen LogP contribution in [0.5, 0.6) is 0 Å². The fourth-order valence-electron chi connectivity index (χ4n) is 2.49. The van der Waals surface area contributed by atoms with Crippen LogP contribution in [0, 0.1) is 18.2 Å². The number of amides is 1. The highest BCUT2D eigenvalue weighted by Gasteiger charge is 2.32. The number of nitrogens with zero attached hydrogens (tertiary/aromatic N) is 2. The maximum Gasteiger partial charge on any atom is 0.414 e. The van der Waals surface area contributed by atoms with Gasteiger partial charge in [0.1, 0.15) is 18.2 Å². The van der Waals surface area contributed by atoms with Gasteiger partial charge >= 0.3 is 6.09 Å². The molecular weight excluding hydrogens is 355 g/mol. The van der Waals surface area contributed by atoms with E-state index in [-0.39, 0.29) is 12.8 Å². The lowest BCUT2D eigenvalue weighted by Crippen LogP contribution is -2.36. The van der Waals surface area contributed by atoms with E-state index < -0.39 is 11.9 Å². The number of nitrogens with one attached hydrogen (secondary N) is 4. The van der Waals surface area contributed by atoms with E-state index in [2.05, 4.69) is 32.6 Å². The van der Waals surface area contributed by atoms with Crippen molar-refractivity contribution in [3.8, 4) is 12.3 Å². The third kappa shape index (κ3) is 4.87. The van der Waals surface area contributed by atoms with Gasteiger partial charge in [-0.3, -0.25) is 4.90 Å². The van der Waals surface area contributed by atoms with Crippen molar-refractivity contribution >= 4 is 23.3 Å². The average molecular weight is 374 g/mol. The molecule has 10 heteroatoms. The fraction of sp³-hybridized carbons (Fsp3) is 0.294. The maximum atomic E-state index is 14.3. The van der Waals surface area contributed by atoms with Crippen molar-refractivity contribution in [1.29, 1.82) is 0 Å². The van der Waals surface area contributed by atoms with Crippen LogP contribution in [0.4, 0.5) is 26.4 Å². The van der Waals surface area contributed by atoms with Crippen molar-refractivity contribution in [2.75, 3.05) is 41.8 Å². The first-order valence-electron chi connectivity index (χ1n) is 8.22. The summed E-state index contributed by atoms with van der Waals surface area (Å²) in [6.45, 7) is 1.30. The topological polar surface area (TPSA) is 104 Å². The SMILES string of the molecule is C#CCNNCNc1ccc(N2C[C@H](CNc3ccon3)OC2=O)cc1F. The summed E-state index contributed by atoms with van der Waals surface area (Å²) in [6.07, 6.45) is 5.63. The number of hydrogen-bond donors (Lipinski definition) is 4. The van der Waals surface area contributed by atoms with Crippen molar-refractivity contribution in [1.82, 2.24) is 16.0 Å². The fourth-order valence-corrected chi connectivity index (χ4v) is 2.49. The number of hydrogen-bond acceptors (Lipinski definition) is 8. The van der Waals surface area contributed by atoms with Gasteiger partial charge in [0.2, 0.25) is 0 Å². The number of ether oxygens (including phenoxy) is 1. The van der Waals surface area contributed by atoms with Crippen LogP contribution in [0.25, 0.3) is 0 Å². The Bertz CT molecular complexity index is 807. The number of halogens is 1. The number of aromatic nitrogens is 1. The second-order valence-electron chi connectivity index (χ2n) is 5.63. The molecule has 2 aromatic rings. The lowest BCUT2D eigenvalue weighted by atomic mass is 10.2. The van der Waals surface area contributed by atoms with Crippen molar-refractivity contribution in [3.63, 3.8) is 0 Å². The zero-order valence-electron chi connectivity index (χ0n) is 14.4. The Morgan fingerprint density at radius 3 is 2.96 bits per heavy atom. The van der Waals surface area contributed by atoms with E-state index in [0.29, 0.717) is 36.8 Å². The predicted molar refractivity (Wildman–Crippen MR) is 97.5 cm³/mol. The molecule has 142 valence electrons. The molecule has 0 unspecified atom stereocenters. The molecule has 1 amide bonds. The average Bonchev–Trinajstić information content (AvgIpc) is 3.30. The molecule has 0 bridgehead atoms. The molecule has 1 aromatic carbocycles. The third-order valence-electron chi connectivity index (χ3n) is 3.77. The molecule has 1 saturated heterocycles. The van der Waals surface area contributed by atoms with Crippen LogP contribution in [0.2, 0.25) is 0 Å². The minimum absolute atomic E-state index is 0.277. The van der Waals surface area contributed by atoms with Crippen molar-refractivity contribution in [3.05, 3.63) is 36.3 Å². The Labute approximate surface area is 155 Å². The second-order valence-corrected chi connectivity index (χ2v) is 5.63. The van der Waals surface area contributed by atoms with Crippen LogP contribution in [0.15, 0.2) is 35.1 Å². The molecule has 1 fully saturated rings. The lowest BCUT2D eigenvalue weighted by Gasteiger charge is -2.15. The van der Waals surface area contributed by atoms with Crippen LogP contribution >= 0.6 is 0 Å². The Kier molecular flexibility index (Phi) is 6.09. The summed E-state index contributed by atoms with van der Waals surface area (Å²) < 4.78 is 24.3. The molecular formula is C17H19FN6O3. The van der Waals surface area contributed by atoms with Gasteiger partial charge in [-0.15, -0.1) is 6.42 Å².